The molecule has 0 unspecified atom stereocenters. The molecule has 1 atom stereocenters. The number of carboxylic acid groups (broad SMARTS) is 1. The molecule has 0 amide bonds. The van der Waals surface area contributed by atoms with E-state index in [1.54, 1.807) is 0 Å². The number of aliphatic carboxylic acids is 1. The number of thiophene rings is 1. The molecular weight excluding hydrogens is 408 g/mol. The summed E-state index contributed by atoms with van der Waals surface area (Å²) >= 11 is 2.47. The third-order valence-electron chi connectivity index (χ3n) is 5.04. The lowest BCUT2D eigenvalue weighted by atomic mass is 9.94. The third kappa shape index (κ3) is 3.60. The monoisotopic (exact) mass is 429 g/mol. The van der Waals surface area contributed by atoms with Gasteiger partial charge in [-0.25, -0.2) is 4.98 Å². The fourth-order valence-corrected chi connectivity index (χ4v) is 5.48. The van der Waals surface area contributed by atoms with Gasteiger partial charge in [-0.3, -0.25) is 9.36 Å². The van der Waals surface area contributed by atoms with E-state index >= 15 is 0 Å². The number of benzene rings is 1. The zero-order valence-corrected chi connectivity index (χ0v) is 18.3. The molecule has 152 valence electrons. The van der Waals surface area contributed by atoms with E-state index in [4.69, 9.17) is 9.72 Å². The Morgan fingerprint density at radius 3 is 2.79 bits per heavy atom. The molecule has 1 aromatic carbocycles. The lowest BCUT2D eigenvalue weighted by Gasteiger charge is -2.30. The molecule has 0 saturated carbocycles. The van der Waals surface area contributed by atoms with Crippen LogP contribution in [0, 0.1) is 6.92 Å². The number of hydrogen-bond donors (Lipinski definition) is 0. The van der Waals surface area contributed by atoms with Crippen molar-refractivity contribution in [2.75, 3.05) is 0 Å². The van der Waals surface area contributed by atoms with Crippen LogP contribution in [0.5, 0.6) is 0 Å². The van der Waals surface area contributed by atoms with Crippen molar-refractivity contribution in [2.24, 2.45) is 0 Å². The smallest absolute Gasteiger partial charge is 0.267 e. The summed E-state index contributed by atoms with van der Waals surface area (Å²) in [6.07, 6.45) is 0.634. The molecule has 3 heterocycles. The first-order chi connectivity index (χ1) is 13.7. The van der Waals surface area contributed by atoms with E-state index in [0.717, 1.165) is 27.8 Å². The summed E-state index contributed by atoms with van der Waals surface area (Å²) in [4.78, 5) is 31.4. The van der Waals surface area contributed by atoms with Crippen molar-refractivity contribution < 1.29 is 14.6 Å². The first kappa shape index (κ1) is 20.1. The van der Waals surface area contributed by atoms with Crippen LogP contribution < -0.4 is 10.7 Å². The van der Waals surface area contributed by atoms with Gasteiger partial charge in [0.05, 0.1) is 29.3 Å². The highest BCUT2D eigenvalue weighted by Crippen LogP contribution is 2.38. The summed E-state index contributed by atoms with van der Waals surface area (Å²) in [5.41, 5.74) is 2.08. The number of carbonyl (C=O) groups is 1. The number of aryl methyl sites for hydroxylation is 1. The van der Waals surface area contributed by atoms with Crippen LogP contribution in [0.3, 0.4) is 0 Å². The van der Waals surface area contributed by atoms with Crippen molar-refractivity contribution in [1.82, 2.24) is 9.55 Å². The van der Waals surface area contributed by atoms with E-state index in [9.17, 15) is 14.7 Å². The molecule has 6 nitrogen and oxygen atoms in total. The van der Waals surface area contributed by atoms with Crippen LogP contribution in [0.25, 0.3) is 15.9 Å². The second-order valence-electron chi connectivity index (χ2n) is 7.81. The maximum absolute atomic E-state index is 13.7. The van der Waals surface area contributed by atoms with Crippen molar-refractivity contribution in [3.05, 3.63) is 50.6 Å². The van der Waals surface area contributed by atoms with Crippen molar-refractivity contribution in [3.8, 4) is 5.69 Å². The molecule has 3 aromatic rings. The van der Waals surface area contributed by atoms with Gasteiger partial charge in [0.15, 0.2) is 5.16 Å². The average Bonchev–Trinajstić information content (AvgIpc) is 2.99. The fraction of sp³-hybridized carbons (Fsp3) is 0.381. The first-order valence-corrected chi connectivity index (χ1v) is 11.0. The van der Waals surface area contributed by atoms with Gasteiger partial charge >= 0.3 is 0 Å². The molecule has 29 heavy (non-hydrogen) atoms. The molecule has 2 aromatic heterocycles. The van der Waals surface area contributed by atoms with E-state index in [-0.39, 0.29) is 11.2 Å². The third-order valence-corrected chi connectivity index (χ3v) is 7.17. The molecule has 0 fully saturated rings. The molecule has 1 aliphatic rings. The average molecular weight is 430 g/mol. The van der Waals surface area contributed by atoms with Gasteiger partial charge in [-0.1, -0.05) is 30.0 Å². The minimum atomic E-state index is -1.19. The molecule has 0 radical (unpaired) electrons. The Bertz CT molecular complexity index is 1180. The highest BCUT2D eigenvalue weighted by atomic mass is 32.2. The van der Waals surface area contributed by atoms with Gasteiger partial charge in [0.2, 0.25) is 0 Å². The Morgan fingerprint density at radius 1 is 1.38 bits per heavy atom. The highest BCUT2D eigenvalue weighted by molar-refractivity contribution is 8.00. The van der Waals surface area contributed by atoms with Crippen molar-refractivity contribution in [3.63, 3.8) is 0 Å². The summed E-state index contributed by atoms with van der Waals surface area (Å²) < 4.78 is 7.44. The molecule has 0 aliphatic carbocycles. The topological polar surface area (TPSA) is 84.3 Å². The number of nitrogens with zero attached hydrogens (tertiary/aromatic N) is 2. The van der Waals surface area contributed by atoms with Crippen LogP contribution in [0.4, 0.5) is 0 Å². The number of fused-ring (bicyclic) bond motifs is 3. The summed E-state index contributed by atoms with van der Waals surface area (Å²) in [6, 6.07) is 7.53. The van der Waals surface area contributed by atoms with Gasteiger partial charge in [0.1, 0.15) is 4.83 Å². The van der Waals surface area contributed by atoms with Gasteiger partial charge in [-0.15, -0.1) is 11.3 Å². The molecule has 0 saturated heterocycles. The second kappa shape index (κ2) is 7.27. The number of thioether (sulfide) groups is 1. The van der Waals surface area contributed by atoms with Crippen LogP contribution in [-0.2, 0) is 22.6 Å². The van der Waals surface area contributed by atoms with Gasteiger partial charge in [-0.2, -0.15) is 0 Å². The van der Waals surface area contributed by atoms with Crippen molar-refractivity contribution in [2.45, 2.75) is 56.7 Å². The Labute approximate surface area is 176 Å². The zero-order valence-electron chi connectivity index (χ0n) is 16.6. The van der Waals surface area contributed by atoms with Crippen LogP contribution in [0.1, 0.15) is 36.8 Å². The Kier molecular flexibility index (Phi) is 5.04. The second-order valence-corrected chi connectivity index (χ2v) is 10.2. The maximum atomic E-state index is 13.7. The number of aromatic nitrogens is 2. The number of carboxylic acids is 1. The standard InChI is InChI=1S/C21H22N2O4S2/c1-11-7-5-6-8-14(11)23-18(24)16-13-9-21(3,4)27-10-15(13)29-17(16)22-20(23)28-12(2)19(25)26/h5-8,12H,9-10H2,1-4H3,(H,25,26)/p-1/t12-/m0/s1. The molecule has 4 rings (SSSR count). The minimum Gasteiger partial charge on any atom is -0.549 e. The number of rotatable bonds is 4. The quantitative estimate of drug-likeness (QED) is 0.468. The van der Waals surface area contributed by atoms with Crippen LogP contribution in [0.2, 0.25) is 0 Å². The van der Waals surface area contributed by atoms with Crippen LogP contribution >= 0.6 is 23.1 Å². The normalized spacial score (nSPS) is 16.6. The summed E-state index contributed by atoms with van der Waals surface area (Å²) in [5, 5.41) is 11.5. The fourth-order valence-electron chi connectivity index (χ4n) is 3.49. The number of carbonyl (C=O) groups excluding carboxylic acids is 1. The lowest BCUT2D eigenvalue weighted by molar-refractivity contribution is -0.304. The molecule has 8 heteroatoms. The van der Waals surface area contributed by atoms with Gasteiger partial charge < -0.3 is 14.6 Å². The van der Waals surface area contributed by atoms with Gasteiger partial charge in [0.25, 0.3) is 5.56 Å². The largest absolute Gasteiger partial charge is 0.549 e. The predicted octanol–water partition coefficient (Wildman–Crippen LogP) is 2.84. The lowest BCUT2D eigenvalue weighted by Crippen LogP contribution is -2.33. The van der Waals surface area contributed by atoms with Crippen LogP contribution in [0.15, 0.2) is 34.2 Å². The molecule has 0 spiro atoms. The minimum absolute atomic E-state index is 0.174. The van der Waals surface area contributed by atoms with E-state index in [0.29, 0.717) is 34.1 Å². The maximum Gasteiger partial charge on any atom is 0.267 e. The summed E-state index contributed by atoms with van der Waals surface area (Å²) in [5.74, 6) is -1.19. The van der Waals surface area contributed by atoms with E-state index in [2.05, 4.69) is 0 Å². The first-order valence-electron chi connectivity index (χ1n) is 9.33. The molecule has 1 aliphatic heterocycles. The summed E-state index contributed by atoms with van der Waals surface area (Å²) in [7, 11) is 0. The van der Waals surface area contributed by atoms with Gasteiger partial charge in [0, 0.05) is 16.5 Å². The molecular formula is C21H21N2O4S2-. The van der Waals surface area contributed by atoms with Crippen molar-refractivity contribution in [1.29, 1.82) is 0 Å². The predicted molar refractivity (Wildman–Crippen MR) is 113 cm³/mol. The number of para-hydroxylation sites is 1. The van der Waals surface area contributed by atoms with Crippen LogP contribution in [-0.4, -0.2) is 26.4 Å². The molecule has 0 N–H and O–H groups in total. The van der Waals surface area contributed by atoms with Gasteiger partial charge in [-0.05, 0) is 44.9 Å². The van der Waals surface area contributed by atoms with Crippen molar-refractivity contribution >= 4 is 39.3 Å². The Morgan fingerprint density at radius 2 is 2.10 bits per heavy atom. The molecule has 0 bridgehead atoms. The number of ether oxygens (including phenoxy) is 1. The summed E-state index contributed by atoms with van der Waals surface area (Å²) in [6.45, 7) is 7.93. The highest BCUT2D eigenvalue weighted by Gasteiger charge is 2.31. The van der Waals surface area contributed by atoms with E-state index in [1.165, 1.54) is 22.8 Å². The SMILES string of the molecule is Cc1ccccc1-n1c(S[C@@H](C)C(=O)[O-])nc2sc3c(c2c1=O)CC(C)(C)OC3. The Hall–Kier alpha value is -2.16. The van der Waals surface area contributed by atoms with E-state index < -0.39 is 11.2 Å². The zero-order chi connectivity index (χ0) is 20.9. The Balaban J connectivity index is 2.02. The number of hydrogen-bond acceptors (Lipinski definition) is 7. The van der Waals surface area contributed by atoms with E-state index in [1.807, 2.05) is 45.0 Å².